The zero-order valence-electron chi connectivity index (χ0n) is 8.55. The minimum absolute atomic E-state index is 0.0181. The number of benzene rings is 1. The maximum absolute atomic E-state index is 13.6. The highest BCUT2D eigenvalue weighted by atomic mass is 32.2. The molecular formula is C12H14FNS. The zero-order chi connectivity index (χ0) is 10.3. The molecule has 3 heteroatoms. The highest BCUT2D eigenvalue weighted by Crippen LogP contribution is 2.50. The summed E-state index contributed by atoms with van der Waals surface area (Å²) in [4.78, 5) is 1.16. The maximum atomic E-state index is 13.6. The topological polar surface area (TPSA) is 12.0 Å². The Bertz CT molecular complexity index is 385. The van der Waals surface area contributed by atoms with Crippen LogP contribution in [0.5, 0.6) is 0 Å². The lowest BCUT2D eigenvalue weighted by Crippen LogP contribution is -2.39. The van der Waals surface area contributed by atoms with E-state index in [2.05, 4.69) is 11.4 Å². The Morgan fingerprint density at radius 3 is 2.80 bits per heavy atom. The quantitative estimate of drug-likeness (QED) is 0.725. The van der Waals surface area contributed by atoms with Gasteiger partial charge in [-0.05, 0) is 44.5 Å². The Morgan fingerprint density at radius 2 is 2.07 bits per heavy atom. The number of rotatable bonds is 0. The van der Waals surface area contributed by atoms with E-state index in [4.69, 9.17) is 0 Å². The van der Waals surface area contributed by atoms with Gasteiger partial charge in [0, 0.05) is 15.2 Å². The number of halogens is 1. The van der Waals surface area contributed by atoms with Crippen molar-refractivity contribution in [2.45, 2.75) is 28.9 Å². The number of hydrogen-bond donors (Lipinski definition) is 1. The van der Waals surface area contributed by atoms with Crippen LogP contribution in [-0.4, -0.2) is 17.8 Å². The molecule has 1 nitrogen and oxygen atoms in total. The summed E-state index contributed by atoms with van der Waals surface area (Å²) >= 11 is 1.89. The lowest BCUT2D eigenvalue weighted by molar-refractivity contribution is 0.412. The molecule has 0 bridgehead atoms. The maximum Gasteiger partial charge on any atom is 0.127 e. The van der Waals surface area contributed by atoms with Gasteiger partial charge in [-0.1, -0.05) is 6.07 Å². The molecule has 80 valence electrons. The molecule has 2 aliphatic heterocycles. The normalized spacial score (nSPS) is 23.0. The average molecular weight is 223 g/mol. The number of fused-ring (bicyclic) bond motifs is 1. The molecule has 0 unspecified atom stereocenters. The van der Waals surface area contributed by atoms with Crippen LogP contribution in [0, 0.1) is 5.82 Å². The Kier molecular flexibility index (Phi) is 2.25. The summed E-state index contributed by atoms with van der Waals surface area (Å²) in [5.41, 5.74) is 0.949. The molecule has 1 N–H and O–H groups in total. The molecule has 1 spiro atoms. The largest absolute Gasteiger partial charge is 0.317 e. The predicted octanol–water partition coefficient (Wildman–Crippen LogP) is 2.60. The molecule has 15 heavy (non-hydrogen) atoms. The van der Waals surface area contributed by atoms with Crippen molar-refractivity contribution in [3.63, 3.8) is 0 Å². The zero-order valence-corrected chi connectivity index (χ0v) is 9.37. The molecule has 0 atom stereocenters. The Hall–Kier alpha value is -0.540. The van der Waals surface area contributed by atoms with Crippen LogP contribution in [0.2, 0.25) is 0 Å². The van der Waals surface area contributed by atoms with Crippen LogP contribution in [-0.2, 0) is 6.42 Å². The van der Waals surface area contributed by atoms with E-state index in [-0.39, 0.29) is 10.6 Å². The van der Waals surface area contributed by atoms with Gasteiger partial charge in [0.1, 0.15) is 5.82 Å². The van der Waals surface area contributed by atoms with Crippen LogP contribution < -0.4 is 5.32 Å². The number of thioether (sulfide) groups is 1. The smallest absolute Gasteiger partial charge is 0.127 e. The van der Waals surface area contributed by atoms with Crippen LogP contribution in [0.3, 0.4) is 0 Å². The second kappa shape index (κ2) is 3.49. The number of nitrogens with one attached hydrogen (secondary N) is 1. The fourth-order valence-corrected chi connectivity index (χ4v) is 4.09. The fraction of sp³-hybridized carbons (Fsp3) is 0.500. The van der Waals surface area contributed by atoms with Crippen molar-refractivity contribution in [3.8, 4) is 0 Å². The Labute approximate surface area is 93.4 Å². The highest BCUT2D eigenvalue weighted by Gasteiger charge is 2.40. The first-order valence-electron chi connectivity index (χ1n) is 5.46. The van der Waals surface area contributed by atoms with Crippen molar-refractivity contribution in [1.29, 1.82) is 0 Å². The summed E-state index contributed by atoms with van der Waals surface area (Å²) in [6.45, 7) is 2.14. The molecule has 0 radical (unpaired) electrons. The molecule has 1 fully saturated rings. The third-order valence-electron chi connectivity index (χ3n) is 3.42. The van der Waals surface area contributed by atoms with Gasteiger partial charge in [-0.15, -0.1) is 11.8 Å². The third-order valence-corrected chi connectivity index (χ3v) is 5.00. The summed E-state index contributed by atoms with van der Waals surface area (Å²) in [6.07, 6.45) is 3.24. The molecule has 3 rings (SSSR count). The van der Waals surface area contributed by atoms with Crippen LogP contribution in [0.4, 0.5) is 4.39 Å². The van der Waals surface area contributed by atoms with E-state index < -0.39 is 0 Å². The van der Waals surface area contributed by atoms with Crippen molar-refractivity contribution in [2.75, 3.05) is 13.1 Å². The van der Waals surface area contributed by atoms with Crippen LogP contribution in [0.1, 0.15) is 18.4 Å². The fourth-order valence-electron chi connectivity index (χ4n) is 2.56. The Morgan fingerprint density at radius 1 is 1.27 bits per heavy atom. The lowest BCUT2D eigenvalue weighted by atomic mass is 9.90. The summed E-state index contributed by atoms with van der Waals surface area (Å²) in [5, 5.41) is 3.37. The van der Waals surface area contributed by atoms with Crippen molar-refractivity contribution in [1.82, 2.24) is 5.32 Å². The molecule has 0 aromatic heterocycles. The summed E-state index contributed by atoms with van der Waals surface area (Å²) < 4.78 is 13.9. The van der Waals surface area contributed by atoms with E-state index >= 15 is 0 Å². The first-order valence-corrected chi connectivity index (χ1v) is 6.28. The minimum Gasteiger partial charge on any atom is -0.317 e. The minimum atomic E-state index is -0.0181. The standard InChI is InChI=1S/C12H14FNS/c13-10-2-1-3-11-9(10)8-12(15-11)4-6-14-7-5-12/h1-3,14H,4-8H2. The monoisotopic (exact) mass is 223 g/mol. The van der Waals surface area contributed by atoms with E-state index in [1.807, 2.05) is 17.8 Å². The average Bonchev–Trinajstić information content (AvgIpc) is 2.59. The van der Waals surface area contributed by atoms with Gasteiger partial charge in [0.25, 0.3) is 0 Å². The number of hydrogen-bond acceptors (Lipinski definition) is 2. The molecule has 1 aromatic rings. The summed E-state index contributed by atoms with van der Waals surface area (Å²) in [5.74, 6) is -0.0181. The van der Waals surface area contributed by atoms with E-state index in [9.17, 15) is 4.39 Å². The molecule has 1 aromatic carbocycles. The van der Waals surface area contributed by atoms with Gasteiger partial charge in [-0.2, -0.15) is 0 Å². The third kappa shape index (κ3) is 1.58. The summed E-state index contributed by atoms with van der Waals surface area (Å²) in [7, 11) is 0. The van der Waals surface area contributed by atoms with Crippen molar-refractivity contribution in [2.24, 2.45) is 0 Å². The van der Waals surface area contributed by atoms with Crippen molar-refractivity contribution in [3.05, 3.63) is 29.6 Å². The molecule has 1 saturated heterocycles. The van der Waals surface area contributed by atoms with Gasteiger partial charge in [0.15, 0.2) is 0 Å². The molecule has 2 aliphatic rings. The molecule has 2 heterocycles. The highest BCUT2D eigenvalue weighted by molar-refractivity contribution is 8.01. The first kappa shape index (κ1) is 9.67. The van der Waals surface area contributed by atoms with E-state index in [1.165, 1.54) is 0 Å². The predicted molar refractivity (Wildman–Crippen MR) is 60.8 cm³/mol. The van der Waals surface area contributed by atoms with Crippen LogP contribution in [0.15, 0.2) is 23.1 Å². The Balaban J connectivity index is 1.94. The molecule has 0 aliphatic carbocycles. The SMILES string of the molecule is Fc1cccc2c1CC1(CCNCC1)S2. The first-order chi connectivity index (χ1) is 7.29. The van der Waals surface area contributed by atoms with Crippen LogP contribution >= 0.6 is 11.8 Å². The van der Waals surface area contributed by atoms with Gasteiger partial charge in [0.2, 0.25) is 0 Å². The van der Waals surface area contributed by atoms with Crippen LogP contribution in [0.25, 0.3) is 0 Å². The van der Waals surface area contributed by atoms with Crippen molar-refractivity contribution < 1.29 is 4.39 Å². The van der Waals surface area contributed by atoms with Gasteiger partial charge in [-0.25, -0.2) is 4.39 Å². The van der Waals surface area contributed by atoms with E-state index in [0.717, 1.165) is 42.8 Å². The van der Waals surface area contributed by atoms with Gasteiger partial charge in [-0.3, -0.25) is 0 Å². The lowest BCUT2D eigenvalue weighted by Gasteiger charge is -2.32. The van der Waals surface area contributed by atoms with Gasteiger partial charge in [0.05, 0.1) is 0 Å². The second-order valence-electron chi connectivity index (χ2n) is 4.43. The summed E-state index contributed by atoms with van der Waals surface area (Å²) in [6, 6.07) is 5.46. The van der Waals surface area contributed by atoms with Gasteiger partial charge >= 0.3 is 0 Å². The van der Waals surface area contributed by atoms with E-state index in [1.54, 1.807) is 6.07 Å². The second-order valence-corrected chi connectivity index (χ2v) is 5.94. The molecule has 0 amide bonds. The van der Waals surface area contributed by atoms with Crippen molar-refractivity contribution >= 4 is 11.8 Å². The molecular weight excluding hydrogens is 209 g/mol. The van der Waals surface area contributed by atoms with E-state index in [0.29, 0.717) is 0 Å². The van der Waals surface area contributed by atoms with Gasteiger partial charge < -0.3 is 5.32 Å². The number of piperidine rings is 1. The molecule has 0 saturated carbocycles.